The van der Waals surface area contributed by atoms with E-state index in [-0.39, 0.29) is 5.78 Å². The molecule has 2 aromatic carbocycles. The number of carbonyl (C=O) groups excluding carboxylic acids is 1. The third-order valence-corrected chi connectivity index (χ3v) is 3.73. The molecule has 0 amide bonds. The van der Waals surface area contributed by atoms with Crippen molar-refractivity contribution in [2.75, 3.05) is 18.2 Å². The van der Waals surface area contributed by atoms with E-state index in [1.54, 1.807) is 42.2 Å². The van der Waals surface area contributed by atoms with Gasteiger partial charge in [0.15, 0.2) is 5.78 Å². The Morgan fingerprint density at radius 1 is 1.23 bits per heavy atom. The van der Waals surface area contributed by atoms with Crippen LogP contribution in [0.3, 0.4) is 0 Å². The van der Waals surface area contributed by atoms with Crippen LogP contribution < -0.4 is 10.1 Å². The highest BCUT2D eigenvalue weighted by molar-refractivity contribution is 7.98. The standard InChI is InChI=1S/C18H19NO2S/c1-3-21-16-9-7-14(8-10-16)18(20)11-12-19-15-5-4-6-17(13-15)22-2/h4-13,19H,3H2,1-2H3/b12-11+. The van der Waals surface area contributed by atoms with Crippen LogP contribution >= 0.6 is 11.8 Å². The minimum Gasteiger partial charge on any atom is -0.494 e. The first-order valence-corrected chi connectivity index (χ1v) is 8.29. The van der Waals surface area contributed by atoms with Gasteiger partial charge in [-0.3, -0.25) is 4.79 Å². The van der Waals surface area contributed by atoms with Crippen molar-refractivity contribution in [2.45, 2.75) is 11.8 Å². The maximum Gasteiger partial charge on any atom is 0.187 e. The Hall–Kier alpha value is -2.20. The normalized spacial score (nSPS) is 10.6. The summed E-state index contributed by atoms with van der Waals surface area (Å²) in [6.07, 6.45) is 5.23. The summed E-state index contributed by atoms with van der Waals surface area (Å²) in [5, 5.41) is 3.11. The van der Waals surface area contributed by atoms with Crippen molar-refractivity contribution in [1.29, 1.82) is 0 Å². The molecular weight excluding hydrogens is 294 g/mol. The molecule has 22 heavy (non-hydrogen) atoms. The second-order valence-electron chi connectivity index (χ2n) is 4.53. The number of carbonyl (C=O) groups is 1. The molecule has 0 saturated carbocycles. The van der Waals surface area contributed by atoms with Crippen molar-refractivity contribution < 1.29 is 9.53 Å². The molecule has 0 aliphatic carbocycles. The number of thioether (sulfide) groups is 1. The SMILES string of the molecule is CCOc1ccc(C(=O)/C=C/Nc2cccc(SC)c2)cc1. The summed E-state index contributed by atoms with van der Waals surface area (Å²) in [4.78, 5) is 13.2. The van der Waals surface area contributed by atoms with Gasteiger partial charge in [-0.15, -0.1) is 11.8 Å². The molecule has 0 radical (unpaired) electrons. The second-order valence-corrected chi connectivity index (χ2v) is 5.41. The van der Waals surface area contributed by atoms with Crippen LogP contribution in [0.15, 0.2) is 65.7 Å². The first kappa shape index (κ1) is 16.2. The largest absolute Gasteiger partial charge is 0.494 e. The lowest BCUT2D eigenvalue weighted by Crippen LogP contribution is -1.97. The van der Waals surface area contributed by atoms with Gasteiger partial charge in [0, 0.05) is 28.4 Å². The third kappa shape index (κ3) is 4.67. The molecule has 1 N–H and O–H groups in total. The van der Waals surface area contributed by atoms with Crippen LogP contribution in [0.4, 0.5) is 5.69 Å². The number of anilines is 1. The number of benzene rings is 2. The topological polar surface area (TPSA) is 38.3 Å². The molecule has 0 spiro atoms. The fraction of sp³-hybridized carbons (Fsp3) is 0.167. The van der Waals surface area contributed by atoms with E-state index in [1.165, 1.54) is 11.0 Å². The number of hydrogen-bond acceptors (Lipinski definition) is 4. The number of ketones is 1. The highest BCUT2D eigenvalue weighted by Crippen LogP contribution is 2.19. The van der Waals surface area contributed by atoms with Gasteiger partial charge in [0.25, 0.3) is 0 Å². The summed E-state index contributed by atoms with van der Waals surface area (Å²) < 4.78 is 5.36. The summed E-state index contributed by atoms with van der Waals surface area (Å²) >= 11 is 1.68. The van der Waals surface area contributed by atoms with Crippen LogP contribution in [-0.2, 0) is 0 Å². The highest BCUT2D eigenvalue weighted by Gasteiger charge is 2.01. The van der Waals surface area contributed by atoms with Crippen LogP contribution in [0.2, 0.25) is 0 Å². The summed E-state index contributed by atoms with van der Waals surface area (Å²) in [5.74, 6) is 0.728. The lowest BCUT2D eigenvalue weighted by molar-refractivity contribution is 0.104. The predicted octanol–water partition coefficient (Wildman–Crippen LogP) is 4.62. The fourth-order valence-electron chi connectivity index (χ4n) is 1.90. The van der Waals surface area contributed by atoms with Gasteiger partial charge in [-0.1, -0.05) is 6.07 Å². The monoisotopic (exact) mass is 313 g/mol. The van der Waals surface area contributed by atoms with Crippen molar-refractivity contribution in [3.63, 3.8) is 0 Å². The molecule has 2 aromatic rings. The van der Waals surface area contributed by atoms with E-state index in [1.807, 2.05) is 37.4 Å². The number of allylic oxidation sites excluding steroid dienone is 1. The molecule has 0 bridgehead atoms. The molecule has 0 aromatic heterocycles. The number of rotatable bonds is 7. The first-order chi connectivity index (χ1) is 10.7. The zero-order valence-corrected chi connectivity index (χ0v) is 13.5. The van der Waals surface area contributed by atoms with Gasteiger partial charge in [0.05, 0.1) is 6.61 Å². The first-order valence-electron chi connectivity index (χ1n) is 7.07. The molecule has 0 heterocycles. The van der Waals surface area contributed by atoms with Gasteiger partial charge >= 0.3 is 0 Å². The van der Waals surface area contributed by atoms with E-state index in [0.29, 0.717) is 12.2 Å². The molecular formula is C18H19NO2S. The Balaban J connectivity index is 1.95. The molecule has 0 saturated heterocycles. The van der Waals surface area contributed by atoms with E-state index in [2.05, 4.69) is 5.32 Å². The lowest BCUT2D eigenvalue weighted by atomic mass is 10.1. The minimum absolute atomic E-state index is 0.0448. The van der Waals surface area contributed by atoms with Crippen molar-refractivity contribution >= 4 is 23.2 Å². The lowest BCUT2D eigenvalue weighted by Gasteiger charge is -2.04. The van der Waals surface area contributed by atoms with Crippen molar-refractivity contribution in [1.82, 2.24) is 0 Å². The quantitative estimate of drug-likeness (QED) is 0.460. The maximum atomic E-state index is 12.1. The molecule has 3 nitrogen and oxygen atoms in total. The third-order valence-electron chi connectivity index (χ3n) is 3.00. The van der Waals surface area contributed by atoms with Gasteiger partial charge < -0.3 is 10.1 Å². The van der Waals surface area contributed by atoms with Crippen LogP contribution in [0.5, 0.6) is 5.75 Å². The van der Waals surface area contributed by atoms with Crippen molar-refractivity contribution in [2.24, 2.45) is 0 Å². The molecule has 114 valence electrons. The summed E-state index contributed by atoms with van der Waals surface area (Å²) in [6, 6.07) is 15.2. The molecule has 0 unspecified atom stereocenters. The van der Waals surface area contributed by atoms with Crippen LogP contribution in [0.25, 0.3) is 0 Å². The zero-order valence-electron chi connectivity index (χ0n) is 12.7. The van der Waals surface area contributed by atoms with E-state index < -0.39 is 0 Å². The van der Waals surface area contributed by atoms with E-state index in [0.717, 1.165) is 11.4 Å². The van der Waals surface area contributed by atoms with E-state index in [9.17, 15) is 4.79 Å². The molecule has 0 aliphatic rings. The predicted molar refractivity (Wildman–Crippen MR) is 92.9 cm³/mol. The molecule has 0 fully saturated rings. The molecule has 2 rings (SSSR count). The number of nitrogens with one attached hydrogen (secondary N) is 1. The Bertz CT molecular complexity index is 650. The zero-order chi connectivity index (χ0) is 15.8. The number of hydrogen-bond donors (Lipinski definition) is 1. The van der Waals surface area contributed by atoms with Gasteiger partial charge in [0.2, 0.25) is 0 Å². The Kier molecular flexibility index (Phi) is 6.10. The summed E-state index contributed by atoms with van der Waals surface area (Å²) in [6.45, 7) is 2.55. The maximum absolute atomic E-state index is 12.1. The van der Waals surface area contributed by atoms with E-state index >= 15 is 0 Å². The van der Waals surface area contributed by atoms with Crippen LogP contribution in [0, 0.1) is 0 Å². The van der Waals surface area contributed by atoms with Gasteiger partial charge in [-0.25, -0.2) is 0 Å². The second kappa shape index (κ2) is 8.29. The minimum atomic E-state index is -0.0448. The molecule has 0 atom stereocenters. The smallest absolute Gasteiger partial charge is 0.187 e. The van der Waals surface area contributed by atoms with Gasteiger partial charge in [0.1, 0.15) is 5.75 Å². The molecule has 4 heteroatoms. The number of ether oxygens (including phenoxy) is 1. The average molecular weight is 313 g/mol. The summed E-state index contributed by atoms with van der Waals surface area (Å²) in [7, 11) is 0. The summed E-state index contributed by atoms with van der Waals surface area (Å²) in [5.41, 5.74) is 1.60. The van der Waals surface area contributed by atoms with Crippen LogP contribution in [-0.4, -0.2) is 18.6 Å². The Morgan fingerprint density at radius 3 is 2.68 bits per heavy atom. The van der Waals surface area contributed by atoms with Crippen LogP contribution in [0.1, 0.15) is 17.3 Å². The van der Waals surface area contributed by atoms with Gasteiger partial charge in [-0.05, 0) is 55.6 Å². The fourth-order valence-corrected chi connectivity index (χ4v) is 2.36. The van der Waals surface area contributed by atoms with Crippen molar-refractivity contribution in [3.8, 4) is 5.75 Å². The molecule has 0 aliphatic heterocycles. The Labute approximate surface area is 135 Å². The van der Waals surface area contributed by atoms with Gasteiger partial charge in [-0.2, -0.15) is 0 Å². The van der Waals surface area contributed by atoms with Crippen molar-refractivity contribution in [3.05, 3.63) is 66.4 Å². The Morgan fingerprint density at radius 2 is 2.00 bits per heavy atom. The highest BCUT2D eigenvalue weighted by atomic mass is 32.2. The average Bonchev–Trinajstić information content (AvgIpc) is 2.56. The van der Waals surface area contributed by atoms with E-state index in [4.69, 9.17) is 4.74 Å².